The molecular formula is C23H17ClF6N6O3. The van der Waals surface area contributed by atoms with Gasteiger partial charge in [0, 0.05) is 10.6 Å². The summed E-state index contributed by atoms with van der Waals surface area (Å²) in [6, 6.07) is 10.3. The van der Waals surface area contributed by atoms with E-state index in [1.54, 1.807) is 0 Å². The molecule has 0 bridgehead atoms. The van der Waals surface area contributed by atoms with Gasteiger partial charge < -0.3 is 9.64 Å². The van der Waals surface area contributed by atoms with Gasteiger partial charge in [0.15, 0.2) is 11.7 Å². The number of amidine groups is 1. The summed E-state index contributed by atoms with van der Waals surface area (Å²) in [7, 11) is 1.01. The first-order valence-electron chi connectivity index (χ1n) is 10.9. The van der Waals surface area contributed by atoms with Crippen LogP contribution in [-0.2, 0) is 22.3 Å². The molecule has 206 valence electrons. The van der Waals surface area contributed by atoms with Crippen LogP contribution in [0.5, 0.6) is 0 Å². The van der Waals surface area contributed by atoms with E-state index < -0.39 is 47.7 Å². The highest BCUT2D eigenvalue weighted by atomic mass is 35.5. The van der Waals surface area contributed by atoms with E-state index in [1.807, 2.05) is 0 Å². The van der Waals surface area contributed by atoms with E-state index in [0.29, 0.717) is 15.3 Å². The molecule has 2 aromatic carbocycles. The molecule has 0 amide bonds. The fourth-order valence-corrected chi connectivity index (χ4v) is 3.81. The summed E-state index contributed by atoms with van der Waals surface area (Å²) in [6.07, 6.45) is -9.87. The number of halogens is 7. The largest absolute Gasteiger partial charge is 0.463 e. The van der Waals surface area contributed by atoms with Crippen molar-refractivity contribution in [3.8, 4) is 5.69 Å². The third-order valence-electron chi connectivity index (χ3n) is 5.40. The van der Waals surface area contributed by atoms with Gasteiger partial charge in [-0.05, 0) is 36.4 Å². The molecule has 0 spiro atoms. The third-order valence-corrected chi connectivity index (χ3v) is 5.66. The molecular weight excluding hydrogens is 558 g/mol. The highest BCUT2D eigenvalue weighted by Gasteiger charge is 2.41. The molecule has 0 atom stereocenters. The minimum absolute atomic E-state index is 0.0132. The zero-order valence-corrected chi connectivity index (χ0v) is 20.5. The van der Waals surface area contributed by atoms with Crippen molar-refractivity contribution in [1.29, 1.82) is 0 Å². The second kappa shape index (κ2) is 10.6. The lowest BCUT2D eigenvalue weighted by atomic mass is 10.1. The number of alkyl halides is 6. The van der Waals surface area contributed by atoms with Crippen LogP contribution in [0.25, 0.3) is 5.69 Å². The Labute approximate surface area is 221 Å². The number of para-hydroxylation sites is 1. The lowest BCUT2D eigenvalue weighted by molar-refractivity contribution is -0.171. The molecule has 39 heavy (non-hydrogen) atoms. The van der Waals surface area contributed by atoms with Crippen LogP contribution in [0.3, 0.4) is 0 Å². The van der Waals surface area contributed by atoms with Crippen LogP contribution in [-0.4, -0.2) is 68.8 Å². The minimum Gasteiger partial charge on any atom is -0.463 e. The Morgan fingerprint density at radius 2 is 1.69 bits per heavy atom. The Balaban J connectivity index is 1.69. The lowest BCUT2D eigenvalue weighted by Crippen LogP contribution is -2.40. The minimum atomic E-state index is -5.08. The summed E-state index contributed by atoms with van der Waals surface area (Å²) >= 11 is 5.89. The maximum atomic E-state index is 13.6. The van der Waals surface area contributed by atoms with Crippen molar-refractivity contribution >= 4 is 29.2 Å². The Bertz CT molecular complexity index is 1420. The summed E-state index contributed by atoms with van der Waals surface area (Å²) in [5, 5.41) is 9.85. The summed E-state index contributed by atoms with van der Waals surface area (Å²) in [4.78, 5) is 29.1. The fraction of sp³-hybridized carbons (Fsp3) is 0.261. The number of methoxy groups -OCH3 is 1. The average Bonchev–Trinajstić information content (AvgIpc) is 3.47. The van der Waals surface area contributed by atoms with Crippen LogP contribution in [0.2, 0.25) is 5.02 Å². The van der Waals surface area contributed by atoms with E-state index in [0.717, 1.165) is 30.2 Å². The van der Waals surface area contributed by atoms with Gasteiger partial charge in [-0.15, -0.1) is 5.10 Å². The molecule has 0 N–H and O–H groups in total. The zero-order chi connectivity index (χ0) is 28.5. The highest BCUT2D eigenvalue weighted by Crippen LogP contribution is 2.34. The number of aromatic nitrogens is 3. The predicted octanol–water partition coefficient (Wildman–Crippen LogP) is 4.29. The Hall–Kier alpha value is -4.14. The van der Waals surface area contributed by atoms with E-state index in [9.17, 15) is 35.9 Å². The number of benzene rings is 2. The monoisotopic (exact) mass is 574 g/mol. The molecule has 0 radical (unpaired) electrons. The summed E-state index contributed by atoms with van der Waals surface area (Å²) in [5.74, 6) is -3.82. The smallest absolute Gasteiger partial charge is 0.451 e. The SMILES string of the molecule is COC(=O)c1nc(CN2CN(CC(=O)C(F)(F)F)C(c3ccc(Cl)cc3)=N2)nn1-c1ccccc1C(F)(F)F. The normalized spacial score (nSPS) is 14.0. The number of hydrogen-bond acceptors (Lipinski definition) is 8. The average molecular weight is 575 g/mol. The molecule has 1 aromatic heterocycles. The van der Waals surface area contributed by atoms with E-state index in [-0.39, 0.29) is 24.9 Å². The molecule has 0 aliphatic carbocycles. The number of rotatable bonds is 7. The number of carbonyl (C=O) groups is 2. The number of hydrogen-bond donors (Lipinski definition) is 0. The molecule has 1 aliphatic rings. The second-order valence-corrected chi connectivity index (χ2v) is 8.56. The van der Waals surface area contributed by atoms with Gasteiger partial charge >= 0.3 is 18.3 Å². The number of esters is 1. The molecule has 3 aromatic rings. The first-order chi connectivity index (χ1) is 18.3. The number of hydrazone groups is 1. The van der Waals surface area contributed by atoms with Crippen LogP contribution in [0, 0.1) is 0 Å². The van der Waals surface area contributed by atoms with Gasteiger partial charge in [0.05, 0.1) is 24.9 Å². The molecule has 2 heterocycles. The third kappa shape index (κ3) is 6.13. The molecule has 1 aliphatic heterocycles. The molecule has 0 saturated carbocycles. The molecule has 16 heteroatoms. The lowest BCUT2D eigenvalue weighted by Gasteiger charge is -2.21. The van der Waals surface area contributed by atoms with Gasteiger partial charge in [-0.1, -0.05) is 23.7 Å². The van der Waals surface area contributed by atoms with Crippen molar-refractivity contribution in [2.24, 2.45) is 5.10 Å². The van der Waals surface area contributed by atoms with Crippen LogP contribution >= 0.6 is 11.6 Å². The number of carbonyl (C=O) groups excluding carboxylic acids is 2. The quantitative estimate of drug-likeness (QED) is 0.307. The van der Waals surface area contributed by atoms with Gasteiger partial charge in [0.2, 0.25) is 5.82 Å². The molecule has 4 rings (SSSR count). The summed E-state index contributed by atoms with van der Waals surface area (Å²) in [6.45, 7) is -1.70. The number of ether oxygens (including phenoxy) is 1. The number of Topliss-reactive ketones (excluding diaryl/α,β-unsaturated/α-hetero) is 1. The van der Waals surface area contributed by atoms with Gasteiger partial charge in [-0.2, -0.15) is 31.4 Å². The van der Waals surface area contributed by atoms with Crippen molar-refractivity contribution in [3.63, 3.8) is 0 Å². The first-order valence-corrected chi connectivity index (χ1v) is 11.3. The van der Waals surface area contributed by atoms with Crippen molar-refractivity contribution in [3.05, 3.63) is 76.3 Å². The van der Waals surface area contributed by atoms with E-state index in [4.69, 9.17) is 11.6 Å². The van der Waals surface area contributed by atoms with Crippen molar-refractivity contribution in [2.45, 2.75) is 18.9 Å². The van der Waals surface area contributed by atoms with E-state index >= 15 is 0 Å². The van der Waals surface area contributed by atoms with Crippen molar-refractivity contribution in [1.82, 2.24) is 24.7 Å². The molecule has 0 saturated heterocycles. The summed E-state index contributed by atoms with van der Waals surface area (Å²) in [5.41, 5.74) is -1.23. The van der Waals surface area contributed by atoms with E-state index in [2.05, 4.69) is 19.9 Å². The van der Waals surface area contributed by atoms with E-state index in [1.165, 1.54) is 35.3 Å². The van der Waals surface area contributed by atoms with Crippen LogP contribution in [0.1, 0.15) is 27.6 Å². The molecule has 9 nitrogen and oxygen atoms in total. The Morgan fingerprint density at radius 3 is 2.31 bits per heavy atom. The maximum absolute atomic E-state index is 13.6. The number of nitrogens with zero attached hydrogens (tertiary/aromatic N) is 6. The zero-order valence-electron chi connectivity index (χ0n) is 19.8. The molecule has 0 unspecified atom stereocenters. The maximum Gasteiger partial charge on any atom is 0.451 e. The van der Waals surface area contributed by atoms with Crippen LogP contribution in [0.4, 0.5) is 26.3 Å². The summed E-state index contributed by atoms with van der Waals surface area (Å²) < 4.78 is 85.1. The molecule has 0 fully saturated rings. The van der Waals surface area contributed by atoms with Gasteiger partial charge in [0.1, 0.15) is 13.2 Å². The second-order valence-electron chi connectivity index (χ2n) is 8.13. The number of ketones is 1. The van der Waals surface area contributed by atoms with Gasteiger partial charge in [-0.25, -0.2) is 14.5 Å². The first kappa shape index (κ1) is 27.9. The van der Waals surface area contributed by atoms with Crippen molar-refractivity contribution in [2.75, 3.05) is 20.3 Å². The van der Waals surface area contributed by atoms with Crippen molar-refractivity contribution < 1.29 is 40.7 Å². The van der Waals surface area contributed by atoms with Gasteiger partial charge in [0.25, 0.3) is 5.78 Å². The Kier molecular flexibility index (Phi) is 7.54. The van der Waals surface area contributed by atoms with Crippen LogP contribution in [0.15, 0.2) is 53.6 Å². The Morgan fingerprint density at radius 1 is 1.03 bits per heavy atom. The van der Waals surface area contributed by atoms with Gasteiger partial charge in [-0.3, -0.25) is 9.80 Å². The highest BCUT2D eigenvalue weighted by molar-refractivity contribution is 6.30. The predicted molar refractivity (Wildman–Crippen MR) is 124 cm³/mol. The standard InChI is InChI=1S/C23H17ClF6N6O3/c1-39-21(38)20-31-18(32-36(20)16-5-3-2-4-15(16)22(25,26)27)11-35-12-34(10-17(37)23(28,29)30)19(33-35)13-6-8-14(24)9-7-13/h2-9H,10-12H2,1H3. The topological polar surface area (TPSA) is 92.9 Å². The fourth-order valence-electron chi connectivity index (χ4n) is 3.68. The van der Waals surface area contributed by atoms with Crippen LogP contribution < -0.4 is 0 Å².